The molecular formula is C16H17NO5SSi. The van der Waals surface area contributed by atoms with Crippen molar-refractivity contribution in [3.05, 3.63) is 60.8 Å². The van der Waals surface area contributed by atoms with Crippen LogP contribution in [0.3, 0.4) is 0 Å². The van der Waals surface area contributed by atoms with Crippen LogP contribution in [0.25, 0.3) is 10.9 Å². The molecule has 24 heavy (non-hydrogen) atoms. The molecule has 2 aromatic carbocycles. The smallest absolute Gasteiger partial charge is 0.279 e. The maximum Gasteiger partial charge on any atom is 0.279 e. The summed E-state index contributed by atoms with van der Waals surface area (Å²) < 4.78 is 35.5. The highest BCUT2D eigenvalue weighted by Gasteiger charge is 2.20. The van der Waals surface area contributed by atoms with Crippen molar-refractivity contribution in [2.24, 2.45) is 0 Å². The van der Waals surface area contributed by atoms with Crippen molar-refractivity contribution >= 4 is 30.7 Å². The normalized spacial score (nSPS) is 11.0. The van der Waals surface area contributed by atoms with Crippen molar-refractivity contribution in [3.63, 3.8) is 0 Å². The number of fused-ring (bicyclic) bond motifs is 1. The average molecular weight is 363 g/mol. The summed E-state index contributed by atoms with van der Waals surface area (Å²) in [7, 11) is -1.89. The van der Waals surface area contributed by atoms with Crippen LogP contribution < -0.4 is 4.74 Å². The van der Waals surface area contributed by atoms with Gasteiger partial charge in [0.25, 0.3) is 19.8 Å². The van der Waals surface area contributed by atoms with Crippen LogP contribution in [0.5, 0.6) is 5.75 Å². The third-order valence-corrected chi connectivity index (χ3v) is 5.12. The van der Waals surface area contributed by atoms with E-state index in [1.165, 1.54) is 11.1 Å². The summed E-state index contributed by atoms with van der Waals surface area (Å²) in [5.74, 6) is 0.534. The fraction of sp³-hybridized carbons (Fsp3) is 0.125. The lowest BCUT2D eigenvalue weighted by Crippen LogP contribution is -2.12. The van der Waals surface area contributed by atoms with Gasteiger partial charge in [-0.1, -0.05) is 30.3 Å². The predicted octanol–water partition coefficient (Wildman–Crippen LogP) is 3.03. The summed E-state index contributed by atoms with van der Waals surface area (Å²) in [5.41, 5.74) is 0.554. The number of methoxy groups -OCH3 is 1. The van der Waals surface area contributed by atoms with E-state index in [0.29, 0.717) is 11.3 Å². The van der Waals surface area contributed by atoms with Crippen molar-refractivity contribution in [1.29, 1.82) is 0 Å². The summed E-state index contributed by atoms with van der Waals surface area (Å²) >= 11 is 0. The third kappa shape index (κ3) is 3.67. The van der Waals surface area contributed by atoms with E-state index in [-0.39, 0.29) is 14.7 Å². The molecule has 1 heterocycles. The lowest BCUT2D eigenvalue weighted by atomic mass is 10.2. The minimum atomic E-state index is -3.62. The summed E-state index contributed by atoms with van der Waals surface area (Å²) in [5, 5.41) is 8.21. The number of ether oxygens (including phenoxy) is 1. The Morgan fingerprint density at radius 1 is 1.04 bits per heavy atom. The maximum atomic E-state index is 12.7. The molecule has 1 N–H and O–H groups in total. The van der Waals surface area contributed by atoms with E-state index in [0.717, 1.165) is 5.39 Å². The van der Waals surface area contributed by atoms with Crippen molar-refractivity contribution < 1.29 is 23.0 Å². The summed E-state index contributed by atoms with van der Waals surface area (Å²) in [6.45, 7) is 1.74. The molecule has 3 aromatic rings. The molecule has 0 atom stereocenters. The molecule has 2 radical (unpaired) electrons. The number of aromatic nitrogens is 1. The van der Waals surface area contributed by atoms with Gasteiger partial charge in [-0.05, 0) is 30.8 Å². The Kier molecular flexibility index (Phi) is 6.15. The van der Waals surface area contributed by atoms with Crippen molar-refractivity contribution in [1.82, 2.24) is 3.97 Å². The lowest BCUT2D eigenvalue weighted by Gasteiger charge is -2.10. The first-order valence-corrected chi connectivity index (χ1v) is 9.83. The van der Waals surface area contributed by atoms with Gasteiger partial charge in [0.15, 0.2) is 0 Å². The van der Waals surface area contributed by atoms with Gasteiger partial charge in [-0.3, -0.25) is 9.83 Å². The van der Waals surface area contributed by atoms with Gasteiger partial charge in [0, 0.05) is 11.6 Å². The quantitative estimate of drug-likeness (QED) is 0.438. The van der Waals surface area contributed by atoms with Crippen LogP contribution in [0.2, 0.25) is 6.55 Å². The second-order valence-electron chi connectivity index (χ2n) is 4.62. The van der Waals surface area contributed by atoms with Gasteiger partial charge in [-0.25, -0.2) is 12.4 Å². The highest BCUT2D eigenvalue weighted by molar-refractivity contribution is 7.90. The van der Waals surface area contributed by atoms with Crippen LogP contribution in [-0.4, -0.2) is 34.5 Å². The van der Waals surface area contributed by atoms with Gasteiger partial charge >= 0.3 is 0 Å². The van der Waals surface area contributed by atoms with E-state index >= 15 is 0 Å². The van der Waals surface area contributed by atoms with E-state index in [1.807, 2.05) is 12.1 Å². The number of nitrogens with zero attached hydrogens (tertiary/aromatic N) is 1. The van der Waals surface area contributed by atoms with Gasteiger partial charge in [-0.2, -0.15) is 0 Å². The number of hydrogen-bond donors (Lipinski definition) is 1. The van der Waals surface area contributed by atoms with E-state index < -0.39 is 10.0 Å². The van der Waals surface area contributed by atoms with Crippen LogP contribution in [0.4, 0.5) is 0 Å². The van der Waals surface area contributed by atoms with Crippen molar-refractivity contribution in [2.45, 2.75) is 11.4 Å². The molecule has 0 saturated heterocycles. The highest BCUT2D eigenvalue weighted by Crippen LogP contribution is 2.29. The zero-order chi connectivity index (χ0) is 17.6. The van der Waals surface area contributed by atoms with E-state index in [1.54, 1.807) is 55.2 Å². The fourth-order valence-electron chi connectivity index (χ4n) is 2.20. The first-order valence-electron chi connectivity index (χ1n) is 6.98. The number of benzene rings is 2. The minimum Gasteiger partial charge on any atom is -0.495 e. The maximum absolute atomic E-state index is 12.7. The van der Waals surface area contributed by atoms with Crippen molar-refractivity contribution in [2.75, 3.05) is 7.11 Å². The summed E-state index contributed by atoms with van der Waals surface area (Å²) in [4.78, 5) is 0.253. The minimum absolute atomic E-state index is 0.196. The molecule has 0 bridgehead atoms. The van der Waals surface area contributed by atoms with Crippen LogP contribution in [0.15, 0.2) is 65.7 Å². The largest absolute Gasteiger partial charge is 0.495 e. The second kappa shape index (κ2) is 8.11. The topological polar surface area (TPSA) is 77.8 Å². The Hall–Kier alpha value is -2.13. The first kappa shape index (κ1) is 18.2. The molecular weight excluding hydrogens is 346 g/mol. The van der Waals surface area contributed by atoms with E-state index in [4.69, 9.17) is 9.99 Å². The number of para-hydroxylation sites is 1. The molecule has 3 rings (SSSR count). The van der Waals surface area contributed by atoms with E-state index in [9.17, 15) is 8.42 Å². The molecule has 0 aliphatic carbocycles. The zero-order valence-corrected chi connectivity index (χ0v) is 15.0. The van der Waals surface area contributed by atoms with E-state index in [2.05, 4.69) is 4.58 Å². The molecule has 0 aliphatic heterocycles. The van der Waals surface area contributed by atoms with Crippen LogP contribution in [-0.2, 0) is 14.6 Å². The summed E-state index contributed by atoms with van der Waals surface area (Å²) in [6.07, 6.45) is 1.55. The lowest BCUT2D eigenvalue weighted by molar-refractivity contribution is -0.137. The third-order valence-electron chi connectivity index (χ3n) is 3.25. The molecule has 0 saturated carbocycles. The second-order valence-corrected chi connectivity index (χ2v) is 7.03. The van der Waals surface area contributed by atoms with Crippen LogP contribution in [0, 0.1) is 0 Å². The summed E-state index contributed by atoms with van der Waals surface area (Å²) in [6, 6.07) is 15.6. The molecule has 0 aliphatic rings. The van der Waals surface area contributed by atoms with Gasteiger partial charge < -0.3 is 4.74 Å². The SMILES string of the molecule is COc1cccc2ccn(S(=O)(=O)c3ccccc3)c12.C[Si]OO. The monoisotopic (exact) mass is 363 g/mol. The highest BCUT2D eigenvalue weighted by atomic mass is 32.2. The fourth-order valence-corrected chi connectivity index (χ4v) is 3.59. The Bertz CT molecular complexity index is 891. The molecule has 0 fully saturated rings. The Labute approximate surface area is 143 Å². The van der Waals surface area contributed by atoms with Crippen molar-refractivity contribution in [3.8, 4) is 5.75 Å². The Morgan fingerprint density at radius 2 is 1.71 bits per heavy atom. The standard InChI is InChI=1S/C15H13NO3S.CH4O2Si/c1-19-14-9-5-6-12-10-11-16(15(12)14)20(17,18)13-7-3-2-4-8-13;1-4-3-2/h2-11H,1H3;2H,1H3. The van der Waals surface area contributed by atoms with Gasteiger partial charge in [0.05, 0.1) is 12.0 Å². The number of hydrogen-bond acceptors (Lipinski definition) is 5. The van der Waals surface area contributed by atoms with Gasteiger partial charge in [0.1, 0.15) is 11.3 Å². The van der Waals surface area contributed by atoms with Gasteiger partial charge in [-0.15, -0.1) is 0 Å². The molecule has 1 aromatic heterocycles. The van der Waals surface area contributed by atoms with Crippen LogP contribution in [0.1, 0.15) is 0 Å². The number of rotatable bonds is 4. The molecule has 0 spiro atoms. The first-order chi connectivity index (χ1) is 11.6. The Morgan fingerprint density at radius 3 is 2.29 bits per heavy atom. The molecule has 0 unspecified atom stereocenters. The molecule has 6 nitrogen and oxygen atoms in total. The van der Waals surface area contributed by atoms with Crippen LogP contribution >= 0.6 is 0 Å². The Balaban J connectivity index is 0.000000471. The zero-order valence-electron chi connectivity index (χ0n) is 13.2. The average Bonchev–Trinajstić information content (AvgIpc) is 3.07. The molecule has 126 valence electrons. The van der Waals surface area contributed by atoms with Gasteiger partial charge in [0.2, 0.25) is 0 Å². The molecule has 8 heteroatoms. The predicted molar refractivity (Wildman–Crippen MR) is 92.8 cm³/mol. The molecule has 0 amide bonds.